The Kier molecular flexibility index (Phi) is 5.64. The maximum absolute atomic E-state index is 12.8. The van der Waals surface area contributed by atoms with Crippen LogP contribution in [0.3, 0.4) is 0 Å². The van der Waals surface area contributed by atoms with E-state index in [0.717, 1.165) is 28.4 Å². The van der Waals surface area contributed by atoms with Crippen LogP contribution in [0.4, 0.5) is 11.4 Å². The topological polar surface area (TPSA) is 56.1 Å². The molecule has 0 radical (unpaired) electrons. The average molecular weight is 398 g/mol. The first kappa shape index (κ1) is 18.9. The molecular weight excluding hydrogens is 378 g/mol. The Bertz CT molecular complexity index is 1100. The van der Waals surface area contributed by atoms with Crippen molar-refractivity contribution in [2.75, 3.05) is 16.8 Å². The Balaban J connectivity index is 1.54. The summed E-state index contributed by atoms with van der Waals surface area (Å²) in [5.74, 6) is -0.405. The van der Waals surface area contributed by atoms with Crippen molar-refractivity contribution in [3.05, 3.63) is 96.2 Å². The van der Waals surface area contributed by atoms with Crippen LogP contribution in [0, 0.1) is 11.3 Å². The van der Waals surface area contributed by atoms with Gasteiger partial charge in [0.25, 0.3) is 5.91 Å². The van der Waals surface area contributed by atoms with E-state index in [1.807, 2.05) is 83.8 Å². The van der Waals surface area contributed by atoms with Gasteiger partial charge >= 0.3 is 0 Å². The van der Waals surface area contributed by atoms with Gasteiger partial charge < -0.3 is 10.2 Å². The Labute approximate surface area is 174 Å². The van der Waals surface area contributed by atoms with Gasteiger partial charge in [-0.25, -0.2) is 0 Å². The summed E-state index contributed by atoms with van der Waals surface area (Å²) in [6.45, 7) is 0.762. The zero-order valence-corrected chi connectivity index (χ0v) is 16.5. The molecule has 1 aliphatic heterocycles. The van der Waals surface area contributed by atoms with E-state index in [0.29, 0.717) is 5.69 Å². The third-order valence-electron chi connectivity index (χ3n) is 4.68. The van der Waals surface area contributed by atoms with Gasteiger partial charge in [-0.3, -0.25) is 4.79 Å². The maximum Gasteiger partial charge on any atom is 0.267 e. The Morgan fingerprint density at radius 2 is 1.72 bits per heavy atom. The minimum Gasteiger partial charge on any atom is -0.346 e. The molecule has 1 N–H and O–H groups in total. The minimum absolute atomic E-state index is 0.0845. The van der Waals surface area contributed by atoms with Gasteiger partial charge in [-0.2, -0.15) is 5.26 Å². The highest BCUT2D eigenvalue weighted by Crippen LogP contribution is 2.33. The number of nitriles is 1. The SMILES string of the molecule is N#C/C(=C/N1CCc2ccccc21)C(=O)Nc1ccccc1Sc1ccccc1. The zero-order valence-electron chi connectivity index (χ0n) is 15.7. The van der Waals surface area contributed by atoms with Gasteiger partial charge in [0.05, 0.1) is 5.69 Å². The second kappa shape index (κ2) is 8.68. The number of amides is 1. The number of carbonyl (C=O) groups excluding carboxylic acids is 1. The lowest BCUT2D eigenvalue weighted by molar-refractivity contribution is -0.112. The summed E-state index contributed by atoms with van der Waals surface area (Å²) >= 11 is 1.57. The highest BCUT2D eigenvalue weighted by molar-refractivity contribution is 7.99. The quantitative estimate of drug-likeness (QED) is 0.472. The number of para-hydroxylation sites is 2. The van der Waals surface area contributed by atoms with Crippen molar-refractivity contribution in [2.24, 2.45) is 0 Å². The molecule has 29 heavy (non-hydrogen) atoms. The van der Waals surface area contributed by atoms with Crippen molar-refractivity contribution < 1.29 is 4.79 Å². The summed E-state index contributed by atoms with van der Waals surface area (Å²) in [5.41, 5.74) is 3.05. The van der Waals surface area contributed by atoms with Crippen molar-refractivity contribution in [3.8, 4) is 6.07 Å². The highest BCUT2D eigenvalue weighted by Gasteiger charge is 2.19. The Morgan fingerprint density at radius 3 is 2.55 bits per heavy atom. The molecule has 5 heteroatoms. The molecule has 142 valence electrons. The molecule has 1 amide bonds. The van der Waals surface area contributed by atoms with Gasteiger partial charge in [-0.1, -0.05) is 60.3 Å². The van der Waals surface area contributed by atoms with Crippen LogP contribution in [0.25, 0.3) is 0 Å². The van der Waals surface area contributed by atoms with Crippen LogP contribution in [0.15, 0.2) is 100 Å². The number of rotatable bonds is 5. The fourth-order valence-corrected chi connectivity index (χ4v) is 4.18. The number of fused-ring (bicyclic) bond motifs is 1. The lowest BCUT2D eigenvalue weighted by Crippen LogP contribution is -2.19. The second-order valence-corrected chi connectivity index (χ2v) is 7.71. The summed E-state index contributed by atoms with van der Waals surface area (Å²) in [7, 11) is 0. The number of nitrogens with zero attached hydrogens (tertiary/aromatic N) is 2. The standard InChI is InChI=1S/C24H19N3OS/c25-16-19(17-27-15-14-18-8-4-6-12-22(18)27)24(28)26-21-11-5-7-13-23(21)29-20-9-2-1-3-10-20/h1-13,17H,14-15H2,(H,26,28)/b19-17-. The number of hydrogen-bond acceptors (Lipinski definition) is 4. The third-order valence-corrected chi connectivity index (χ3v) is 5.76. The molecule has 0 saturated carbocycles. The molecule has 0 unspecified atom stereocenters. The smallest absolute Gasteiger partial charge is 0.267 e. The van der Waals surface area contributed by atoms with Gasteiger partial charge in [0.15, 0.2) is 0 Å². The summed E-state index contributed by atoms with van der Waals surface area (Å²) < 4.78 is 0. The van der Waals surface area contributed by atoms with Crippen molar-refractivity contribution in [1.82, 2.24) is 0 Å². The molecular formula is C24H19N3OS. The fourth-order valence-electron chi connectivity index (χ4n) is 3.26. The summed E-state index contributed by atoms with van der Waals surface area (Å²) in [5, 5.41) is 12.5. The largest absolute Gasteiger partial charge is 0.346 e. The lowest BCUT2D eigenvalue weighted by Gasteiger charge is -2.15. The molecule has 0 spiro atoms. The van der Waals surface area contributed by atoms with Gasteiger partial charge in [-0.15, -0.1) is 0 Å². The van der Waals surface area contributed by atoms with E-state index in [1.165, 1.54) is 5.56 Å². The van der Waals surface area contributed by atoms with Crippen molar-refractivity contribution in [1.29, 1.82) is 5.26 Å². The first-order chi connectivity index (χ1) is 14.2. The van der Waals surface area contributed by atoms with E-state index in [4.69, 9.17) is 0 Å². The van der Waals surface area contributed by atoms with Gasteiger partial charge in [0, 0.05) is 28.2 Å². The zero-order chi connectivity index (χ0) is 20.1. The molecule has 0 saturated heterocycles. The summed E-state index contributed by atoms with van der Waals surface area (Å²) in [4.78, 5) is 16.8. The monoisotopic (exact) mass is 397 g/mol. The van der Waals surface area contributed by atoms with Crippen LogP contribution >= 0.6 is 11.8 Å². The Morgan fingerprint density at radius 1 is 1.00 bits per heavy atom. The lowest BCUT2D eigenvalue weighted by atomic mass is 10.2. The van der Waals surface area contributed by atoms with Crippen molar-refractivity contribution in [2.45, 2.75) is 16.2 Å². The molecule has 0 aromatic heterocycles. The first-order valence-corrected chi connectivity index (χ1v) is 10.2. The predicted octanol–water partition coefficient (Wildman–Crippen LogP) is 5.25. The summed E-state index contributed by atoms with van der Waals surface area (Å²) in [6, 6.07) is 27.7. The number of benzene rings is 3. The van der Waals surface area contributed by atoms with E-state index < -0.39 is 5.91 Å². The second-order valence-electron chi connectivity index (χ2n) is 6.59. The van der Waals surface area contributed by atoms with Crippen LogP contribution < -0.4 is 10.2 Å². The predicted molar refractivity (Wildman–Crippen MR) is 117 cm³/mol. The molecule has 0 atom stereocenters. The maximum atomic E-state index is 12.8. The van der Waals surface area contributed by atoms with Crippen LogP contribution in [-0.4, -0.2) is 12.5 Å². The van der Waals surface area contributed by atoms with Crippen molar-refractivity contribution in [3.63, 3.8) is 0 Å². The number of carbonyl (C=O) groups is 1. The summed E-state index contributed by atoms with van der Waals surface area (Å²) in [6.07, 6.45) is 2.55. The molecule has 0 aliphatic carbocycles. The molecule has 3 aromatic rings. The number of anilines is 2. The average Bonchev–Trinajstić information content (AvgIpc) is 3.17. The Hall–Kier alpha value is -3.49. The van der Waals surface area contributed by atoms with E-state index >= 15 is 0 Å². The van der Waals surface area contributed by atoms with Crippen LogP contribution in [0.5, 0.6) is 0 Å². The normalized spacial score (nSPS) is 12.9. The first-order valence-electron chi connectivity index (χ1n) is 9.34. The molecule has 0 bridgehead atoms. The fraction of sp³-hybridized carbons (Fsp3) is 0.0833. The van der Waals surface area contributed by atoms with Crippen molar-refractivity contribution >= 4 is 29.0 Å². The molecule has 1 heterocycles. The minimum atomic E-state index is -0.405. The molecule has 4 rings (SSSR count). The molecule has 4 nitrogen and oxygen atoms in total. The van der Waals surface area contributed by atoms with Crippen LogP contribution in [-0.2, 0) is 11.2 Å². The number of nitrogens with one attached hydrogen (secondary N) is 1. The third kappa shape index (κ3) is 4.34. The van der Waals surface area contributed by atoms with Gasteiger partial charge in [-0.05, 0) is 42.3 Å². The molecule has 1 aliphatic rings. The van der Waals surface area contributed by atoms with Gasteiger partial charge in [0.1, 0.15) is 11.6 Å². The highest BCUT2D eigenvalue weighted by atomic mass is 32.2. The van der Waals surface area contributed by atoms with E-state index in [9.17, 15) is 10.1 Å². The van der Waals surface area contributed by atoms with E-state index in [-0.39, 0.29) is 5.57 Å². The van der Waals surface area contributed by atoms with Gasteiger partial charge in [0.2, 0.25) is 0 Å². The molecule has 0 fully saturated rings. The molecule has 3 aromatic carbocycles. The van der Waals surface area contributed by atoms with Crippen LogP contribution in [0.1, 0.15) is 5.56 Å². The van der Waals surface area contributed by atoms with E-state index in [1.54, 1.807) is 18.0 Å². The number of hydrogen-bond donors (Lipinski definition) is 1. The van der Waals surface area contributed by atoms with Crippen LogP contribution in [0.2, 0.25) is 0 Å². The van der Waals surface area contributed by atoms with E-state index in [2.05, 4.69) is 11.4 Å².